The van der Waals surface area contributed by atoms with Gasteiger partial charge in [-0.3, -0.25) is 4.79 Å². The van der Waals surface area contributed by atoms with Crippen molar-refractivity contribution in [3.05, 3.63) is 59.7 Å². The van der Waals surface area contributed by atoms with Gasteiger partial charge >= 0.3 is 10.1 Å². The fourth-order valence-corrected chi connectivity index (χ4v) is 2.50. The Morgan fingerprint density at radius 1 is 1.00 bits per heavy atom. The highest BCUT2D eigenvalue weighted by molar-refractivity contribution is 7.87. The molecule has 0 aromatic heterocycles. The number of benzene rings is 2. The van der Waals surface area contributed by atoms with Gasteiger partial charge in [0.2, 0.25) is 0 Å². The maximum Gasteiger partial charge on any atom is 0.339 e. The Balaban J connectivity index is 2.28. The van der Waals surface area contributed by atoms with Gasteiger partial charge in [-0.05, 0) is 49.4 Å². The molecule has 0 aliphatic heterocycles. The van der Waals surface area contributed by atoms with Gasteiger partial charge < -0.3 is 4.18 Å². The highest BCUT2D eigenvalue weighted by Gasteiger charge is 2.19. The molecule has 0 spiro atoms. The smallest absolute Gasteiger partial charge is 0.339 e. The van der Waals surface area contributed by atoms with E-state index >= 15 is 0 Å². The SMILES string of the molecule is CC(=O)c1ccc(OS(=O)(=O)c2ccc(F)c(F)c2)cc1. The Bertz CT molecular complexity index is 783. The van der Waals surface area contributed by atoms with Gasteiger partial charge in [0.05, 0.1) is 0 Å². The number of hydrogen-bond donors (Lipinski definition) is 0. The van der Waals surface area contributed by atoms with Crippen LogP contribution in [0.15, 0.2) is 47.4 Å². The molecule has 7 heteroatoms. The standard InChI is InChI=1S/C14H10F2O4S/c1-9(17)10-2-4-11(5-3-10)20-21(18,19)12-6-7-13(15)14(16)8-12/h2-8H,1H3. The van der Waals surface area contributed by atoms with Crippen molar-refractivity contribution >= 4 is 15.9 Å². The van der Waals surface area contributed by atoms with E-state index < -0.39 is 26.6 Å². The van der Waals surface area contributed by atoms with Crippen molar-refractivity contribution in [3.63, 3.8) is 0 Å². The Morgan fingerprint density at radius 2 is 1.62 bits per heavy atom. The van der Waals surface area contributed by atoms with Gasteiger partial charge in [-0.1, -0.05) is 0 Å². The molecule has 0 aliphatic rings. The average molecular weight is 312 g/mol. The molecule has 0 N–H and O–H groups in total. The summed E-state index contributed by atoms with van der Waals surface area (Å²) in [5, 5.41) is 0. The predicted octanol–water partition coefficient (Wildman–Crippen LogP) is 2.94. The largest absolute Gasteiger partial charge is 0.379 e. The summed E-state index contributed by atoms with van der Waals surface area (Å²) in [6.07, 6.45) is 0. The van der Waals surface area contributed by atoms with Crippen molar-refractivity contribution in [2.45, 2.75) is 11.8 Å². The Morgan fingerprint density at radius 3 is 2.14 bits per heavy atom. The summed E-state index contributed by atoms with van der Waals surface area (Å²) in [6, 6.07) is 7.54. The molecular weight excluding hydrogens is 302 g/mol. The predicted molar refractivity (Wildman–Crippen MR) is 70.6 cm³/mol. The van der Waals surface area contributed by atoms with Crippen LogP contribution < -0.4 is 4.18 Å². The first-order chi connectivity index (χ1) is 9.79. The quantitative estimate of drug-likeness (QED) is 0.643. The first-order valence-corrected chi connectivity index (χ1v) is 7.21. The molecule has 110 valence electrons. The minimum Gasteiger partial charge on any atom is -0.379 e. The van der Waals surface area contributed by atoms with Crippen molar-refractivity contribution in [2.75, 3.05) is 0 Å². The second-order valence-corrected chi connectivity index (χ2v) is 5.74. The van der Waals surface area contributed by atoms with E-state index in [0.29, 0.717) is 17.7 Å². The third-order valence-corrected chi connectivity index (χ3v) is 3.89. The van der Waals surface area contributed by atoms with Crippen molar-refractivity contribution in [2.24, 2.45) is 0 Å². The van der Waals surface area contributed by atoms with E-state index in [-0.39, 0.29) is 11.5 Å². The summed E-state index contributed by atoms with van der Waals surface area (Å²) in [4.78, 5) is 10.6. The first-order valence-electron chi connectivity index (χ1n) is 5.80. The second kappa shape index (κ2) is 5.61. The Hall–Kier alpha value is -2.28. The number of carbonyl (C=O) groups is 1. The second-order valence-electron chi connectivity index (χ2n) is 4.19. The van der Waals surface area contributed by atoms with E-state index in [1.807, 2.05) is 0 Å². The summed E-state index contributed by atoms with van der Waals surface area (Å²) in [7, 11) is -4.28. The van der Waals surface area contributed by atoms with Gasteiger partial charge in [0, 0.05) is 5.56 Å². The van der Waals surface area contributed by atoms with Crippen molar-refractivity contribution in [1.82, 2.24) is 0 Å². The van der Waals surface area contributed by atoms with Crippen LogP contribution >= 0.6 is 0 Å². The fourth-order valence-electron chi connectivity index (χ4n) is 1.55. The van der Waals surface area contributed by atoms with Crippen molar-refractivity contribution < 1.29 is 26.2 Å². The molecule has 0 atom stereocenters. The zero-order valence-corrected chi connectivity index (χ0v) is 11.7. The normalized spacial score (nSPS) is 11.2. The first kappa shape index (κ1) is 15.1. The minimum absolute atomic E-state index is 0.0373. The van der Waals surface area contributed by atoms with E-state index in [1.54, 1.807) is 0 Å². The van der Waals surface area contributed by atoms with Gasteiger partial charge in [-0.25, -0.2) is 8.78 Å². The van der Waals surface area contributed by atoms with E-state index in [2.05, 4.69) is 0 Å². The minimum atomic E-state index is -4.28. The summed E-state index contributed by atoms with van der Waals surface area (Å²) < 4.78 is 54.4. The number of halogens is 2. The van der Waals surface area contributed by atoms with Crippen LogP contribution in [0, 0.1) is 11.6 Å². The molecule has 0 unspecified atom stereocenters. The number of carbonyl (C=O) groups excluding carboxylic acids is 1. The number of hydrogen-bond acceptors (Lipinski definition) is 4. The highest BCUT2D eigenvalue weighted by atomic mass is 32.2. The molecule has 0 saturated carbocycles. The van der Waals surface area contributed by atoms with Crippen LogP contribution in [0.2, 0.25) is 0 Å². The molecule has 4 nitrogen and oxygen atoms in total. The topological polar surface area (TPSA) is 60.4 Å². The average Bonchev–Trinajstić information content (AvgIpc) is 2.42. The molecule has 0 amide bonds. The summed E-state index contributed by atoms with van der Waals surface area (Å²) in [6.45, 7) is 1.37. The third-order valence-electron chi connectivity index (χ3n) is 2.65. The molecule has 0 saturated heterocycles. The van der Waals surface area contributed by atoms with Crippen LogP contribution in [0.4, 0.5) is 8.78 Å². The van der Waals surface area contributed by atoms with Crippen LogP contribution in [0.5, 0.6) is 5.75 Å². The summed E-state index contributed by atoms with van der Waals surface area (Å²) in [5.41, 5.74) is 0.396. The molecule has 0 aliphatic carbocycles. The van der Waals surface area contributed by atoms with Crippen LogP contribution in [0.3, 0.4) is 0 Å². The number of rotatable bonds is 4. The third kappa shape index (κ3) is 3.43. The molecule has 0 bridgehead atoms. The molecule has 0 fully saturated rings. The van der Waals surface area contributed by atoms with Crippen LogP contribution in [-0.2, 0) is 10.1 Å². The zero-order chi connectivity index (χ0) is 15.6. The molecule has 0 radical (unpaired) electrons. The lowest BCUT2D eigenvalue weighted by Gasteiger charge is -2.07. The number of Topliss-reactive ketones (excluding diaryl/α,β-unsaturated/α-hetero) is 1. The van der Waals surface area contributed by atoms with Crippen LogP contribution in [0.1, 0.15) is 17.3 Å². The molecule has 2 aromatic carbocycles. The molecule has 0 heterocycles. The van der Waals surface area contributed by atoms with E-state index in [9.17, 15) is 22.0 Å². The van der Waals surface area contributed by atoms with Gasteiger partial charge in [-0.15, -0.1) is 0 Å². The monoisotopic (exact) mass is 312 g/mol. The van der Waals surface area contributed by atoms with E-state index in [4.69, 9.17) is 4.18 Å². The summed E-state index contributed by atoms with van der Waals surface area (Å²) >= 11 is 0. The van der Waals surface area contributed by atoms with Crippen LogP contribution in [-0.4, -0.2) is 14.2 Å². The Labute approximate surface area is 120 Å². The lowest BCUT2D eigenvalue weighted by molar-refractivity contribution is 0.101. The maximum atomic E-state index is 13.1. The zero-order valence-electron chi connectivity index (χ0n) is 10.8. The molecule has 2 aromatic rings. The Kier molecular flexibility index (Phi) is 4.04. The lowest BCUT2D eigenvalue weighted by atomic mass is 10.1. The lowest BCUT2D eigenvalue weighted by Crippen LogP contribution is -2.10. The molecular formula is C14H10F2O4S. The fraction of sp³-hybridized carbons (Fsp3) is 0.0714. The van der Waals surface area contributed by atoms with Gasteiger partial charge in [0.1, 0.15) is 10.6 Å². The number of ketones is 1. The molecule has 2 rings (SSSR count). The van der Waals surface area contributed by atoms with Crippen LogP contribution in [0.25, 0.3) is 0 Å². The maximum absolute atomic E-state index is 13.1. The van der Waals surface area contributed by atoms with Gasteiger partial charge in [0.25, 0.3) is 0 Å². The highest BCUT2D eigenvalue weighted by Crippen LogP contribution is 2.20. The van der Waals surface area contributed by atoms with E-state index in [0.717, 1.165) is 6.07 Å². The summed E-state index contributed by atoms with van der Waals surface area (Å²) in [5.74, 6) is -2.65. The van der Waals surface area contributed by atoms with E-state index in [1.165, 1.54) is 31.2 Å². The van der Waals surface area contributed by atoms with Gasteiger partial charge in [-0.2, -0.15) is 8.42 Å². The van der Waals surface area contributed by atoms with Crippen molar-refractivity contribution in [3.8, 4) is 5.75 Å². The molecule has 21 heavy (non-hydrogen) atoms. The van der Waals surface area contributed by atoms with Crippen molar-refractivity contribution in [1.29, 1.82) is 0 Å². The van der Waals surface area contributed by atoms with Gasteiger partial charge in [0.15, 0.2) is 17.4 Å².